The van der Waals surface area contributed by atoms with Gasteiger partial charge in [-0.05, 0) is 37.6 Å². The maximum Gasteiger partial charge on any atom is 0.161 e. The Morgan fingerprint density at radius 3 is 2.81 bits per heavy atom. The van der Waals surface area contributed by atoms with E-state index in [2.05, 4.69) is 11.1 Å². The molecule has 108 valence electrons. The van der Waals surface area contributed by atoms with Gasteiger partial charge in [-0.25, -0.2) is 4.98 Å². The van der Waals surface area contributed by atoms with Crippen molar-refractivity contribution in [3.05, 3.63) is 39.8 Å². The Balaban J connectivity index is 2.37. The molecule has 2 aromatic rings. The Morgan fingerprint density at radius 2 is 2.24 bits per heavy atom. The molecule has 1 heterocycles. The van der Waals surface area contributed by atoms with Gasteiger partial charge in [0.1, 0.15) is 11.1 Å². The highest BCUT2D eigenvalue weighted by Crippen LogP contribution is 2.30. The monoisotopic (exact) mass is 300 g/mol. The lowest BCUT2D eigenvalue weighted by molar-refractivity contribution is 0.311. The minimum atomic E-state index is 0.541. The van der Waals surface area contributed by atoms with E-state index in [1.807, 2.05) is 37.4 Å². The molecular formula is C16H16N2O2S. The van der Waals surface area contributed by atoms with E-state index in [1.54, 1.807) is 13.2 Å². The second-order valence-electron chi connectivity index (χ2n) is 4.31. The normalized spacial score (nSPS) is 11.0. The van der Waals surface area contributed by atoms with Gasteiger partial charge < -0.3 is 9.47 Å². The molecule has 0 radical (unpaired) electrons. The van der Waals surface area contributed by atoms with Crippen LogP contribution >= 0.6 is 11.3 Å². The van der Waals surface area contributed by atoms with Crippen molar-refractivity contribution in [2.75, 3.05) is 13.7 Å². The molecule has 0 spiro atoms. The van der Waals surface area contributed by atoms with Crippen molar-refractivity contribution in [1.29, 1.82) is 5.26 Å². The van der Waals surface area contributed by atoms with Crippen molar-refractivity contribution >= 4 is 23.0 Å². The van der Waals surface area contributed by atoms with Gasteiger partial charge in [0.2, 0.25) is 0 Å². The zero-order valence-corrected chi connectivity index (χ0v) is 13.0. The van der Waals surface area contributed by atoms with Gasteiger partial charge in [-0.1, -0.05) is 6.07 Å². The smallest absolute Gasteiger partial charge is 0.161 e. The molecular weight excluding hydrogens is 284 g/mol. The number of hydrogen-bond acceptors (Lipinski definition) is 5. The summed E-state index contributed by atoms with van der Waals surface area (Å²) in [6.07, 6.45) is 1.80. The third-order valence-corrected chi connectivity index (χ3v) is 3.76. The van der Waals surface area contributed by atoms with Gasteiger partial charge in [0.25, 0.3) is 0 Å². The van der Waals surface area contributed by atoms with E-state index in [9.17, 15) is 5.26 Å². The number of hydrogen-bond donors (Lipinski definition) is 0. The summed E-state index contributed by atoms with van der Waals surface area (Å²) in [5, 5.41) is 12.0. The van der Waals surface area contributed by atoms with E-state index in [-0.39, 0.29) is 0 Å². The minimum absolute atomic E-state index is 0.541. The summed E-state index contributed by atoms with van der Waals surface area (Å²) in [4.78, 5) is 4.34. The first kappa shape index (κ1) is 15.1. The number of nitrogens with zero attached hydrogens (tertiary/aromatic N) is 2. The molecule has 0 unspecified atom stereocenters. The topological polar surface area (TPSA) is 55.1 Å². The second kappa shape index (κ2) is 6.91. The first-order valence-corrected chi connectivity index (χ1v) is 7.41. The van der Waals surface area contributed by atoms with Gasteiger partial charge >= 0.3 is 0 Å². The minimum Gasteiger partial charge on any atom is -0.493 e. The molecule has 2 rings (SSSR count). The zero-order valence-electron chi connectivity index (χ0n) is 12.2. The number of aromatic nitrogens is 1. The first-order chi connectivity index (χ1) is 10.2. The molecule has 0 saturated heterocycles. The fraction of sp³-hybridized carbons (Fsp3) is 0.250. The summed E-state index contributed by atoms with van der Waals surface area (Å²) in [5.74, 6) is 1.35. The number of thiazole rings is 1. The molecule has 0 aliphatic rings. The molecule has 0 aliphatic carbocycles. The lowest BCUT2D eigenvalue weighted by Crippen LogP contribution is -1.95. The molecule has 4 nitrogen and oxygen atoms in total. The standard InChI is InChI=1S/C16H16N2O2S/c1-4-20-14-6-5-12(8-15(14)19-3)7-13(9-17)16-18-11(2)10-21-16/h5-8,10H,4H2,1-3H3/b13-7+. The highest BCUT2D eigenvalue weighted by atomic mass is 32.1. The Kier molecular flexibility index (Phi) is 4.96. The number of allylic oxidation sites excluding steroid dienone is 1. The summed E-state index contributed by atoms with van der Waals surface area (Å²) in [7, 11) is 1.60. The fourth-order valence-electron chi connectivity index (χ4n) is 1.83. The molecule has 0 atom stereocenters. The van der Waals surface area contributed by atoms with E-state index in [0.717, 1.165) is 16.3 Å². The molecule has 0 aliphatic heterocycles. The molecule has 1 aromatic heterocycles. The van der Waals surface area contributed by atoms with Crippen LogP contribution in [0.15, 0.2) is 23.6 Å². The Morgan fingerprint density at radius 1 is 1.43 bits per heavy atom. The predicted molar refractivity (Wildman–Crippen MR) is 84.5 cm³/mol. The van der Waals surface area contributed by atoms with Gasteiger partial charge in [0, 0.05) is 11.1 Å². The third-order valence-electron chi connectivity index (χ3n) is 2.77. The Labute approximate surface area is 128 Å². The van der Waals surface area contributed by atoms with E-state index in [4.69, 9.17) is 9.47 Å². The maximum atomic E-state index is 9.31. The summed E-state index contributed by atoms with van der Waals surface area (Å²) in [5.41, 5.74) is 2.33. The molecule has 0 bridgehead atoms. The van der Waals surface area contributed by atoms with E-state index < -0.39 is 0 Å². The summed E-state index contributed by atoms with van der Waals surface area (Å²) in [6.45, 7) is 4.41. The van der Waals surface area contributed by atoms with E-state index in [1.165, 1.54) is 11.3 Å². The lowest BCUT2D eigenvalue weighted by atomic mass is 10.1. The average molecular weight is 300 g/mol. The van der Waals surface area contributed by atoms with Gasteiger partial charge in [-0.2, -0.15) is 5.26 Å². The number of ether oxygens (including phenoxy) is 2. The molecule has 0 amide bonds. The Hall–Kier alpha value is -2.32. The van der Waals surface area contributed by atoms with Crippen molar-refractivity contribution in [3.8, 4) is 17.6 Å². The molecule has 0 saturated carbocycles. The van der Waals surface area contributed by atoms with Crippen LogP contribution in [0.5, 0.6) is 11.5 Å². The molecule has 5 heteroatoms. The van der Waals surface area contributed by atoms with Crippen molar-refractivity contribution < 1.29 is 9.47 Å². The quantitative estimate of drug-likeness (QED) is 0.785. The van der Waals surface area contributed by atoms with Crippen molar-refractivity contribution in [2.45, 2.75) is 13.8 Å². The van der Waals surface area contributed by atoms with E-state index >= 15 is 0 Å². The van der Waals surface area contributed by atoms with Gasteiger partial charge in [-0.3, -0.25) is 0 Å². The number of methoxy groups -OCH3 is 1. The van der Waals surface area contributed by atoms with Crippen LogP contribution in [0.3, 0.4) is 0 Å². The average Bonchev–Trinajstić information content (AvgIpc) is 2.92. The summed E-state index contributed by atoms with van der Waals surface area (Å²) in [6, 6.07) is 7.78. The van der Waals surface area contributed by atoms with Crippen LogP contribution < -0.4 is 9.47 Å². The Bertz CT molecular complexity index is 699. The number of nitriles is 1. The van der Waals surface area contributed by atoms with Crippen molar-refractivity contribution in [3.63, 3.8) is 0 Å². The summed E-state index contributed by atoms with van der Waals surface area (Å²) < 4.78 is 10.8. The predicted octanol–water partition coefficient (Wildman–Crippen LogP) is 3.92. The first-order valence-electron chi connectivity index (χ1n) is 6.53. The second-order valence-corrected chi connectivity index (χ2v) is 5.17. The van der Waals surface area contributed by atoms with Crippen molar-refractivity contribution in [1.82, 2.24) is 4.98 Å². The largest absolute Gasteiger partial charge is 0.493 e. The maximum absolute atomic E-state index is 9.31. The number of aryl methyl sites for hydroxylation is 1. The van der Waals surface area contributed by atoms with Crippen LogP contribution in [-0.2, 0) is 0 Å². The third kappa shape index (κ3) is 3.61. The lowest BCUT2D eigenvalue weighted by Gasteiger charge is -2.09. The number of benzene rings is 1. The van der Waals surface area contributed by atoms with Crippen LogP contribution in [0.1, 0.15) is 23.2 Å². The number of rotatable bonds is 5. The zero-order chi connectivity index (χ0) is 15.2. The van der Waals surface area contributed by atoms with Crippen LogP contribution in [-0.4, -0.2) is 18.7 Å². The molecule has 0 N–H and O–H groups in total. The van der Waals surface area contributed by atoms with Crippen LogP contribution in [0.25, 0.3) is 11.6 Å². The van der Waals surface area contributed by atoms with Gasteiger partial charge in [0.05, 0.1) is 19.3 Å². The van der Waals surface area contributed by atoms with Crippen LogP contribution in [0.4, 0.5) is 0 Å². The van der Waals surface area contributed by atoms with Gasteiger partial charge in [-0.15, -0.1) is 11.3 Å². The SMILES string of the molecule is CCOc1ccc(/C=C(\C#N)c2nc(C)cs2)cc1OC. The van der Waals surface area contributed by atoms with Crippen molar-refractivity contribution in [2.24, 2.45) is 0 Å². The van der Waals surface area contributed by atoms with Crippen LogP contribution in [0.2, 0.25) is 0 Å². The fourth-order valence-corrected chi connectivity index (χ4v) is 2.60. The highest BCUT2D eigenvalue weighted by Gasteiger charge is 2.08. The molecule has 1 aromatic carbocycles. The van der Waals surface area contributed by atoms with Crippen LogP contribution in [0, 0.1) is 18.3 Å². The highest BCUT2D eigenvalue weighted by molar-refractivity contribution is 7.11. The van der Waals surface area contributed by atoms with Gasteiger partial charge in [0.15, 0.2) is 11.5 Å². The molecule has 0 fully saturated rings. The molecule has 21 heavy (non-hydrogen) atoms. The summed E-state index contributed by atoms with van der Waals surface area (Å²) >= 11 is 1.46. The van der Waals surface area contributed by atoms with E-state index in [0.29, 0.717) is 23.7 Å².